The maximum atomic E-state index is 4.12. The molecule has 0 aliphatic carbocycles. The quantitative estimate of drug-likeness (QED) is 0.602. The first kappa shape index (κ1) is 12.4. The van der Waals surface area contributed by atoms with Gasteiger partial charge in [0.05, 0.1) is 0 Å². The lowest BCUT2D eigenvalue weighted by Gasteiger charge is -2.28. The second kappa shape index (κ2) is 5.23. The van der Waals surface area contributed by atoms with Crippen LogP contribution in [0.1, 0.15) is 27.7 Å². The van der Waals surface area contributed by atoms with Crippen LogP contribution < -0.4 is 0 Å². The zero-order valence-corrected chi connectivity index (χ0v) is 9.89. The molecule has 0 fully saturated rings. The Labute approximate surface area is 83.1 Å². The van der Waals surface area contributed by atoms with Gasteiger partial charge in [-0.05, 0) is 39.4 Å². The SMILES string of the molecule is C=C(C=C(C)C)C(C(C)C)N(C)C. The molecule has 0 aromatic carbocycles. The molecule has 0 spiro atoms. The van der Waals surface area contributed by atoms with Crippen molar-refractivity contribution in [3.05, 3.63) is 23.8 Å². The van der Waals surface area contributed by atoms with Gasteiger partial charge >= 0.3 is 0 Å². The third-order valence-corrected chi connectivity index (χ3v) is 2.04. The van der Waals surface area contributed by atoms with Crippen LogP contribution in [0, 0.1) is 5.92 Å². The summed E-state index contributed by atoms with van der Waals surface area (Å²) < 4.78 is 0. The molecule has 0 aromatic rings. The first-order valence-corrected chi connectivity index (χ1v) is 4.86. The molecule has 76 valence electrons. The van der Waals surface area contributed by atoms with Crippen LogP contribution in [0.25, 0.3) is 0 Å². The van der Waals surface area contributed by atoms with Crippen molar-refractivity contribution in [3.63, 3.8) is 0 Å². The fourth-order valence-corrected chi connectivity index (χ4v) is 1.81. The Morgan fingerprint density at radius 2 is 1.69 bits per heavy atom. The Hall–Kier alpha value is -0.560. The summed E-state index contributed by atoms with van der Waals surface area (Å²) in [5, 5.41) is 0. The Balaban J connectivity index is 4.57. The molecular weight excluding hydrogens is 158 g/mol. The molecule has 0 aliphatic rings. The van der Waals surface area contributed by atoms with Crippen molar-refractivity contribution in [2.45, 2.75) is 33.7 Å². The van der Waals surface area contributed by atoms with Gasteiger partial charge in [-0.15, -0.1) is 0 Å². The van der Waals surface area contributed by atoms with Gasteiger partial charge in [0.15, 0.2) is 0 Å². The lowest BCUT2D eigenvalue weighted by atomic mass is 9.95. The van der Waals surface area contributed by atoms with E-state index in [1.54, 1.807) is 0 Å². The molecule has 1 unspecified atom stereocenters. The van der Waals surface area contributed by atoms with Crippen LogP contribution in [0.2, 0.25) is 0 Å². The molecule has 0 N–H and O–H groups in total. The summed E-state index contributed by atoms with van der Waals surface area (Å²) in [4.78, 5) is 2.23. The van der Waals surface area contributed by atoms with Crippen molar-refractivity contribution in [1.29, 1.82) is 0 Å². The van der Waals surface area contributed by atoms with Crippen molar-refractivity contribution in [2.24, 2.45) is 5.92 Å². The van der Waals surface area contributed by atoms with Gasteiger partial charge in [0.2, 0.25) is 0 Å². The molecular formula is C12H23N. The minimum absolute atomic E-state index is 0.454. The molecule has 0 amide bonds. The van der Waals surface area contributed by atoms with Crippen LogP contribution in [0.5, 0.6) is 0 Å². The Kier molecular flexibility index (Phi) is 5.01. The summed E-state index contributed by atoms with van der Waals surface area (Å²) in [5.41, 5.74) is 2.53. The van der Waals surface area contributed by atoms with Crippen molar-refractivity contribution < 1.29 is 0 Å². The van der Waals surface area contributed by atoms with Gasteiger partial charge < -0.3 is 4.90 Å². The molecule has 0 bridgehead atoms. The zero-order valence-electron chi connectivity index (χ0n) is 9.89. The van der Waals surface area contributed by atoms with Gasteiger partial charge in [0.25, 0.3) is 0 Å². The zero-order chi connectivity index (χ0) is 10.6. The average molecular weight is 181 g/mol. The second-order valence-corrected chi connectivity index (χ2v) is 4.45. The molecule has 0 aromatic heterocycles. The molecule has 0 radical (unpaired) electrons. The Morgan fingerprint density at radius 3 is 1.92 bits per heavy atom. The van der Waals surface area contributed by atoms with Crippen LogP contribution in [-0.4, -0.2) is 25.0 Å². The normalized spacial score (nSPS) is 13.2. The minimum Gasteiger partial charge on any atom is -0.302 e. The van der Waals surface area contributed by atoms with E-state index in [4.69, 9.17) is 0 Å². The monoisotopic (exact) mass is 181 g/mol. The van der Waals surface area contributed by atoms with Gasteiger partial charge in [-0.1, -0.05) is 32.1 Å². The highest BCUT2D eigenvalue weighted by atomic mass is 15.1. The van der Waals surface area contributed by atoms with E-state index in [1.165, 1.54) is 11.1 Å². The standard InChI is InChI=1S/C12H23N/c1-9(2)8-11(5)12(10(3)4)13(6)7/h8,10,12H,5H2,1-4,6-7H3. The predicted molar refractivity (Wildman–Crippen MR) is 60.9 cm³/mol. The fraction of sp³-hybridized carbons (Fsp3) is 0.667. The van der Waals surface area contributed by atoms with E-state index in [9.17, 15) is 0 Å². The van der Waals surface area contributed by atoms with E-state index < -0.39 is 0 Å². The van der Waals surface area contributed by atoms with E-state index in [0.29, 0.717) is 12.0 Å². The number of hydrogen-bond acceptors (Lipinski definition) is 1. The number of rotatable bonds is 4. The van der Waals surface area contributed by atoms with Crippen LogP contribution in [0.4, 0.5) is 0 Å². The first-order valence-electron chi connectivity index (χ1n) is 4.86. The minimum atomic E-state index is 0.454. The summed E-state index contributed by atoms with van der Waals surface area (Å²) in [6, 6.07) is 0.454. The lowest BCUT2D eigenvalue weighted by Crippen LogP contribution is -2.33. The molecule has 0 saturated heterocycles. The van der Waals surface area contributed by atoms with Crippen LogP contribution in [0.15, 0.2) is 23.8 Å². The Morgan fingerprint density at radius 1 is 1.23 bits per heavy atom. The van der Waals surface area contributed by atoms with Crippen LogP contribution >= 0.6 is 0 Å². The molecule has 1 heteroatoms. The second-order valence-electron chi connectivity index (χ2n) is 4.45. The van der Waals surface area contributed by atoms with E-state index in [0.717, 1.165) is 0 Å². The van der Waals surface area contributed by atoms with Gasteiger partial charge in [-0.25, -0.2) is 0 Å². The molecule has 0 aliphatic heterocycles. The molecule has 1 nitrogen and oxygen atoms in total. The van der Waals surface area contributed by atoms with E-state index in [2.05, 4.69) is 59.3 Å². The maximum Gasteiger partial charge on any atom is 0.0359 e. The van der Waals surface area contributed by atoms with Gasteiger partial charge in [-0.2, -0.15) is 0 Å². The third kappa shape index (κ3) is 4.28. The smallest absolute Gasteiger partial charge is 0.0359 e. The van der Waals surface area contributed by atoms with E-state index >= 15 is 0 Å². The molecule has 0 heterocycles. The van der Waals surface area contributed by atoms with Crippen molar-refractivity contribution >= 4 is 0 Å². The molecule has 0 saturated carbocycles. The number of nitrogens with zero attached hydrogens (tertiary/aromatic N) is 1. The number of hydrogen-bond donors (Lipinski definition) is 0. The largest absolute Gasteiger partial charge is 0.302 e. The topological polar surface area (TPSA) is 3.24 Å². The number of likely N-dealkylation sites (N-methyl/N-ethyl adjacent to an activating group) is 1. The summed E-state index contributed by atoms with van der Waals surface area (Å²) >= 11 is 0. The van der Waals surface area contributed by atoms with Crippen molar-refractivity contribution in [1.82, 2.24) is 4.90 Å². The average Bonchev–Trinajstić information content (AvgIpc) is 1.81. The van der Waals surface area contributed by atoms with E-state index in [-0.39, 0.29) is 0 Å². The number of allylic oxidation sites excluding steroid dienone is 1. The van der Waals surface area contributed by atoms with Crippen LogP contribution in [0.3, 0.4) is 0 Å². The lowest BCUT2D eigenvalue weighted by molar-refractivity contribution is 0.271. The third-order valence-electron chi connectivity index (χ3n) is 2.04. The maximum absolute atomic E-state index is 4.12. The highest BCUT2D eigenvalue weighted by molar-refractivity contribution is 5.24. The molecule has 1 atom stereocenters. The summed E-state index contributed by atoms with van der Waals surface area (Å²) in [5.74, 6) is 0.609. The summed E-state index contributed by atoms with van der Waals surface area (Å²) in [6.07, 6.45) is 2.17. The molecule has 0 rings (SSSR count). The first-order chi connectivity index (χ1) is 5.86. The van der Waals surface area contributed by atoms with Gasteiger partial charge in [0, 0.05) is 6.04 Å². The van der Waals surface area contributed by atoms with Crippen LogP contribution in [-0.2, 0) is 0 Å². The van der Waals surface area contributed by atoms with Gasteiger partial charge in [-0.3, -0.25) is 0 Å². The van der Waals surface area contributed by atoms with E-state index in [1.807, 2.05) is 0 Å². The van der Waals surface area contributed by atoms with Crippen molar-refractivity contribution in [3.8, 4) is 0 Å². The predicted octanol–water partition coefficient (Wildman–Crippen LogP) is 3.10. The fourth-order valence-electron chi connectivity index (χ4n) is 1.81. The van der Waals surface area contributed by atoms with Crippen molar-refractivity contribution in [2.75, 3.05) is 14.1 Å². The summed E-state index contributed by atoms with van der Waals surface area (Å²) in [7, 11) is 4.21. The highest BCUT2D eigenvalue weighted by Gasteiger charge is 2.17. The highest BCUT2D eigenvalue weighted by Crippen LogP contribution is 2.17. The van der Waals surface area contributed by atoms with Gasteiger partial charge in [0.1, 0.15) is 0 Å². The summed E-state index contributed by atoms with van der Waals surface area (Å²) in [6.45, 7) is 12.8. The molecule has 13 heavy (non-hydrogen) atoms. The Bertz CT molecular complexity index is 187.